The molecule has 4 nitrogen and oxygen atoms in total. The Kier molecular flexibility index (Phi) is 3.94. The smallest absolute Gasteiger partial charge is 0.165 e. The van der Waals surface area contributed by atoms with E-state index in [1.165, 1.54) is 25.0 Å². The molecule has 25 heavy (non-hydrogen) atoms. The second-order valence-electron chi connectivity index (χ2n) is 7.13. The van der Waals surface area contributed by atoms with Crippen LogP contribution in [0.4, 0.5) is 10.2 Å². The van der Waals surface area contributed by atoms with Crippen molar-refractivity contribution in [2.45, 2.75) is 33.6 Å². The minimum Gasteiger partial charge on any atom is -0.356 e. The Bertz CT molecular complexity index is 906. The topological polar surface area (TPSA) is 33.4 Å². The van der Waals surface area contributed by atoms with Crippen molar-refractivity contribution in [2.24, 2.45) is 5.92 Å². The van der Waals surface area contributed by atoms with Gasteiger partial charge in [-0.05, 0) is 50.3 Å². The third-order valence-electron chi connectivity index (χ3n) is 5.11. The molecule has 3 aromatic rings. The van der Waals surface area contributed by atoms with Gasteiger partial charge in [0.1, 0.15) is 11.6 Å². The Labute approximate surface area is 147 Å². The first-order valence-electron chi connectivity index (χ1n) is 8.91. The second kappa shape index (κ2) is 6.14. The van der Waals surface area contributed by atoms with Crippen LogP contribution >= 0.6 is 0 Å². The number of hydrogen-bond acceptors (Lipinski definition) is 3. The molecule has 2 aromatic heterocycles. The fraction of sp³-hybridized carbons (Fsp3) is 0.400. The zero-order valence-electron chi connectivity index (χ0n) is 15.0. The van der Waals surface area contributed by atoms with Crippen molar-refractivity contribution in [1.29, 1.82) is 0 Å². The van der Waals surface area contributed by atoms with E-state index in [1.807, 2.05) is 18.4 Å². The summed E-state index contributed by atoms with van der Waals surface area (Å²) in [6.07, 6.45) is 2.40. The number of nitrogens with zero attached hydrogens (tertiary/aromatic N) is 4. The number of halogens is 1. The number of piperidine rings is 1. The molecule has 0 atom stereocenters. The van der Waals surface area contributed by atoms with Crippen LogP contribution in [0.2, 0.25) is 0 Å². The first-order valence-corrected chi connectivity index (χ1v) is 8.91. The van der Waals surface area contributed by atoms with Crippen molar-refractivity contribution in [3.05, 3.63) is 47.5 Å². The molecule has 0 bridgehead atoms. The van der Waals surface area contributed by atoms with E-state index in [0.717, 1.165) is 53.0 Å². The highest BCUT2D eigenvalue weighted by molar-refractivity contribution is 5.81. The lowest BCUT2D eigenvalue weighted by molar-refractivity contribution is 0.435. The van der Waals surface area contributed by atoms with Crippen LogP contribution in [0.25, 0.3) is 16.8 Å². The third-order valence-corrected chi connectivity index (χ3v) is 5.11. The van der Waals surface area contributed by atoms with E-state index >= 15 is 0 Å². The molecule has 0 radical (unpaired) electrons. The molecule has 1 saturated heterocycles. The summed E-state index contributed by atoms with van der Waals surface area (Å²) in [5.41, 5.74) is 4.67. The van der Waals surface area contributed by atoms with Crippen LogP contribution in [0.15, 0.2) is 30.3 Å². The van der Waals surface area contributed by atoms with Crippen molar-refractivity contribution in [3.8, 4) is 11.1 Å². The molecule has 5 heteroatoms. The summed E-state index contributed by atoms with van der Waals surface area (Å²) in [5.74, 6) is 1.65. The van der Waals surface area contributed by atoms with Crippen molar-refractivity contribution >= 4 is 11.5 Å². The van der Waals surface area contributed by atoms with Crippen LogP contribution in [0.5, 0.6) is 0 Å². The lowest BCUT2D eigenvalue weighted by Gasteiger charge is -2.32. The summed E-state index contributed by atoms with van der Waals surface area (Å²) in [6, 6.07) is 8.68. The number of rotatable bonds is 2. The van der Waals surface area contributed by atoms with E-state index in [2.05, 4.69) is 17.9 Å². The SMILES string of the molecule is Cc1cc(N2CCC(C)CC2)n2nc(C)c(-c3ccc(F)cc3)c2n1. The van der Waals surface area contributed by atoms with Gasteiger partial charge in [-0.3, -0.25) is 0 Å². The van der Waals surface area contributed by atoms with E-state index in [-0.39, 0.29) is 5.82 Å². The third kappa shape index (κ3) is 2.88. The molecule has 0 spiro atoms. The summed E-state index contributed by atoms with van der Waals surface area (Å²) in [6.45, 7) is 8.42. The predicted molar refractivity (Wildman–Crippen MR) is 98.5 cm³/mol. The maximum Gasteiger partial charge on any atom is 0.165 e. The molecule has 1 aliphatic rings. The molecular weight excluding hydrogens is 315 g/mol. The number of fused-ring (bicyclic) bond motifs is 1. The lowest BCUT2D eigenvalue weighted by Crippen LogP contribution is -2.34. The van der Waals surface area contributed by atoms with E-state index in [1.54, 1.807) is 12.1 Å². The van der Waals surface area contributed by atoms with Crippen LogP contribution in [-0.4, -0.2) is 27.7 Å². The van der Waals surface area contributed by atoms with Gasteiger partial charge in [0.2, 0.25) is 0 Å². The van der Waals surface area contributed by atoms with Crippen molar-refractivity contribution < 1.29 is 4.39 Å². The van der Waals surface area contributed by atoms with E-state index in [4.69, 9.17) is 10.1 Å². The van der Waals surface area contributed by atoms with E-state index in [9.17, 15) is 4.39 Å². The normalized spacial score (nSPS) is 15.9. The minimum atomic E-state index is -0.231. The van der Waals surface area contributed by atoms with Crippen LogP contribution < -0.4 is 4.90 Å². The average molecular weight is 338 g/mol. The van der Waals surface area contributed by atoms with Crippen LogP contribution in [0.3, 0.4) is 0 Å². The number of benzene rings is 1. The maximum absolute atomic E-state index is 13.3. The monoisotopic (exact) mass is 338 g/mol. The van der Waals surface area contributed by atoms with Gasteiger partial charge in [0.15, 0.2) is 5.65 Å². The fourth-order valence-electron chi connectivity index (χ4n) is 3.64. The molecular formula is C20H23FN4. The highest BCUT2D eigenvalue weighted by atomic mass is 19.1. The van der Waals surface area contributed by atoms with Crippen LogP contribution in [-0.2, 0) is 0 Å². The van der Waals surface area contributed by atoms with Gasteiger partial charge in [0.05, 0.1) is 5.69 Å². The molecule has 0 unspecified atom stereocenters. The first kappa shape index (κ1) is 16.1. The van der Waals surface area contributed by atoms with E-state index < -0.39 is 0 Å². The molecule has 3 heterocycles. The van der Waals surface area contributed by atoms with Crippen molar-refractivity contribution in [3.63, 3.8) is 0 Å². The Morgan fingerprint density at radius 2 is 1.76 bits per heavy atom. The van der Waals surface area contributed by atoms with E-state index in [0.29, 0.717) is 0 Å². The number of aromatic nitrogens is 3. The second-order valence-corrected chi connectivity index (χ2v) is 7.13. The lowest BCUT2D eigenvalue weighted by atomic mass is 9.99. The van der Waals surface area contributed by atoms with Crippen molar-refractivity contribution in [2.75, 3.05) is 18.0 Å². The van der Waals surface area contributed by atoms with Gasteiger partial charge in [-0.1, -0.05) is 19.1 Å². The molecule has 1 aromatic carbocycles. The maximum atomic E-state index is 13.3. The Morgan fingerprint density at radius 3 is 2.44 bits per heavy atom. The van der Waals surface area contributed by atoms with Crippen LogP contribution in [0, 0.1) is 25.6 Å². The molecule has 130 valence electrons. The zero-order chi connectivity index (χ0) is 17.6. The first-order chi connectivity index (χ1) is 12.0. The van der Waals surface area contributed by atoms with Crippen molar-refractivity contribution in [1.82, 2.24) is 14.6 Å². The predicted octanol–water partition coefficient (Wildman–Crippen LogP) is 4.39. The van der Waals surface area contributed by atoms with Gasteiger partial charge in [0, 0.05) is 30.4 Å². The quantitative estimate of drug-likeness (QED) is 0.695. The van der Waals surface area contributed by atoms with Gasteiger partial charge in [-0.2, -0.15) is 9.61 Å². The molecule has 1 aliphatic heterocycles. The average Bonchev–Trinajstić information content (AvgIpc) is 2.92. The largest absolute Gasteiger partial charge is 0.356 e. The van der Waals surface area contributed by atoms with Gasteiger partial charge < -0.3 is 4.90 Å². The minimum absolute atomic E-state index is 0.231. The summed E-state index contributed by atoms with van der Waals surface area (Å²) in [5, 5.41) is 4.77. The van der Waals surface area contributed by atoms with Gasteiger partial charge in [-0.15, -0.1) is 0 Å². The highest BCUT2D eigenvalue weighted by Crippen LogP contribution is 2.31. The summed E-state index contributed by atoms with van der Waals surface area (Å²) in [7, 11) is 0. The van der Waals surface area contributed by atoms with Gasteiger partial charge in [-0.25, -0.2) is 9.37 Å². The zero-order valence-corrected chi connectivity index (χ0v) is 15.0. The highest BCUT2D eigenvalue weighted by Gasteiger charge is 2.22. The van der Waals surface area contributed by atoms with Gasteiger partial charge >= 0.3 is 0 Å². The Hall–Kier alpha value is -2.43. The fourth-order valence-corrected chi connectivity index (χ4v) is 3.64. The van der Waals surface area contributed by atoms with Gasteiger partial charge in [0.25, 0.3) is 0 Å². The Morgan fingerprint density at radius 1 is 1.08 bits per heavy atom. The number of anilines is 1. The molecule has 1 fully saturated rings. The number of hydrogen-bond donors (Lipinski definition) is 0. The molecule has 4 rings (SSSR count). The Balaban J connectivity index is 1.87. The molecule has 0 aliphatic carbocycles. The molecule has 0 saturated carbocycles. The molecule has 0 N–H and O–H groups in total. The molecule has 0 amide bonds. The number of aryl methyl sites for hydroxylation is 2. The van der Waals surface area contributed by atoms with Crippen LogP contribution in [0.1, 0.15) is 31.2 Å². The summed E-state index contributed by atoms with van der Waals surface area (Å²) < 4.78 is 15.3. The summed E-state index contributed by atoms with van der Waals surface area (Å²) in [4.78, 5) is 7.15. The summed E-state index contributed by atoms with van der Waals surface area (Å²) >= 11 is 0. The standard InChI is InChI=1S/C20H23FN4/c1-13-8-10-24(11-9-13)18-12-14(2)22-20-19(15(3)23-25(18)20)16-4-6-17(21)7-5-16/h4-7,12-13H,8-11H2,1-3H3.